The Morgan fingerprint density at radius 2 is 1.28 bits per heavy atom. The van der Waals surface area contributed by atoms with Crippen LogP contribution in [0.25, 0.3) is 0 Å². The third-order valence-electron chi connectivity index (χ3n) is 5.21. The molecule has 2 aromatic carbocycles. The lowest BCUT2D eigenvalue weighted by Crippen LogP contribution is -2.33. The van der Waals surface area contributed by atoms with E-state index in [0.717, 1.165) is 5.56 Å². The van der Waals surface area contributed by atoms with Gasteiger partial charge in [-0.05, 0) is 24.6 Å². The molecule has 0 aliphatic heterocycles. The SMILES string of the molecule is COC(=O)C(C(=O)OC)[C@H](CC(=O)c1ccc(C)cc1)c1cc(OC)c(OC)c(OC)c1. The monoisotopic (exact) mass is 444 g/mol. The van der Waals surface area contributed by atoms with Gasteiger partial charge in [-0.15, -0.1) is 0 Å². The van der Waals surface area contributed by atoms with Gasteiger partial charge in [-0.25, -0.2) is 0 Å². The molecule has 0 amide bonds. The summed E-state index contributed by atoms with van der Waals surface area (Å²) in [6.45, 7) is 1.91. The van der Waals surface area contributed by atoms with Crippen molar-refractivity contribution in [2.75, 3.05) is 35.5 Å². The zero-order chi connectivity index (χ0) is 23.8. The second kappa shape index (κ2) is 11.2. The number of ether oxygens (including phenoxy) is 5. The highest BCUT2D eigenvalue weighted by Gasteiger charge is 2.40. The Morgan fingerprint density at radius 1 is 0.781 bits per heavy atom. The van der Waals surface area contributed by atoms with E-state index in [1.54, 1.807) is 24.3 Å². The Bertz CT molecular complexity index is 923. The first-order chi connectivity index (χ1) is 15.3. The van der Waals surface area contributed by atoms with Crippen LogP contribution in [0, 0.1) is 12.8 Å². The van der Waals surface area contributed by atoms with Crippen LogP contribution in [0.5, 0.6) is 17.2 Å². The van der Waals surface area contributed by atoms with Crippen LogP contribution in [-0.4, -0.2) is 53.3 Å². The summed E-state index contributed by atoms with van der Waals surface area (Å²) in [6.07, 6.45) is -0.156. The van der Waals surface area contributed by atoms with Crippen LogP contribution in [0.1, 0.15) is 33.8 Å². The predicted octanol–water partition coefficient (Wildman–Crippen LogP) is 3.34. The fraction of sp³-hybridized carbons (Fsp3) is 0.375. The van der Waals surface area contributed by atoms with Gasteiger partial charge in [-0.3, -0.25) is 14.4 Å². The van der Waals surface area contributed by atoms with Gasteiger partial charge in [0.2, 0.25) is 5.75 Å². The number of benzene rings is 2. The average molecular weight is 444 g/mol. The molecular formula is C24H28O8. The van der Waals surface area contributed by atoms with Gasteiger partial charge in [0.25, 0.3) is 0 Å². The number of hydrogen-bond donors (Lipinski definition) is 0. The number of carbonyl (C=O) groups excluding carboxylic acids is 3. The molecule has 0 radical (unpaired) electrons. The zero-order valence-electron chi connectivity index (χ0n) is 19.1. The smallest absolute Gasteiger partial charge is 0.320 e. The summed E-state index contributed by atoms with van der Waals surface area (Å²) in [4.78, 5) is 38.3. The van der Waals surface area contributed by atoms with E-state index < -0.39 is 23.8 Å². The highest BCUT2D eigenvalue weighted by molar-refractivity contribution is 6.00. The summed E-state index contributed by atoms with van der Waals surface area (Å²) in [5, 5.41) is 0. The lowest BCUT2D eigenvalue weighted by Gasteiger charge is -2.25. The molecule has 0 unspecified atom stereocenters. The molecule has 1 atom stereocenters. The lowest BCUT2D eigenvalue weighted by molar-refractivity contribution is -0.159. The molecule has 0 spiro atoms. The van der Waals surface area contributed by atoms with Crippen molar-refractivity contribution >= 4 is 17.7 Å². The van der Waals surface area contributed by atoms with Crippen LogP contribution in [0.3, 0.4) is 0 Å². The summed E-state index contributed by atoms with van der Waals surface area (Å²) in [5.41, 5.74) is 1.92. The maximum Gasteiger partial charge on any atom is 0.320 e. The van der Waals surface area contributed by atoms with Crippen LogP contribution in [-0.2, 0) is 19.1 Å². The zero-order valence-corrected chi connectivity index (χ0v) is 19.1. The van der Waals surface area contributed by atoms with Crippen LogP contribution in [0.2, 0.25) is 0 Å². The Kier molecular flexibility index (Phi) is 8.63. The fourth-order valence-electron chi connectivity index (χ4n) is 3.48. The summed E-state index contributed by atoms with van der Waals surface area (Å²) >= 11 is 0. The first-order valence-electron chi connectivity index (χ1n) is 9.86. The molecule has 0 saturated heterocycles. The topological polar surface area (TPSA) is 97.4 Å². The number of aryl methyl sites for hydroxylation is 1. The molecule has 2 rings (SSSR count). The van der Waals surface area contributed by atoms with Crippen molar-refractivity contribution < 1.29 is 38.1 Å². The quantitative estimate of drug-likeness (QED) is 0.313. The number of carbonyl (C=O) groups is 3. The van der Waals surface area contributed by atoms with Crippen LogP contribution < -0.4 is 14.2 Å². The van der Waals surface area contributed by atoms with Crippen molar-refractivity contribution in [1.82, 2.24) is 0 Å². The fourth-order valence-corrected chi connectivity index (χ4v) is 3.48. The predicted molar refractivity (Wildman–Crippen MR) is 116 cm³/mol. The summed E-state index contributed by atoms with van der Waals surface area (Å²) < 4.78 is 25.9. The molecule has 2 aromatic rings. The van der Waals surface area contributed by atoms with E-state index in [1.165, 1.54) is 35.5 Å². The molecular weight excluding hydrogens is 416 g/mol. The van der Waals surface area contributed by atoms with E-state index in [9.17, 15) is 14.4 Å². The van der Waals surface area contributed by atoms with E-state index in [2.05, 4.69) is 0 Å². The molecule has 0 heterocycles. The molecule has 0 fully saturated rings. The number of hydrogen-bond acceptors (Lipinski definition) is 8. The minimum absolute atomic E-state index is 0.156. The van der Waals surface area contributed by atoms with Crippen molar-refractivity contribution in [3.8, 4) is 17.2 Å². The number of esters is 2. The molecule has 0 aliphatic rings. The first-order valence-corrected chi connectivity index (χ1v) is 9.86. The maximum atomic E-state index is 13.1. The Morgan fingerprint density at radius 3 is 1.69 bits per heavy atom. The lowest BCUT2D eigenvalue weighted by atomic mass is 9.81. The molecule has 0 N–H and O–H groups in total. The third-order valence-corrected chi connectivity index (χ3v) is 5.21. The van der Waals surface area contributed by atoms with Gasteiger partial charge in [0.05, 0.1) is 35.5 Å². The van der Waals surface area contributed by atoms with Crippen LogP contribution in [0.4, 0.5) is 0 Å². The maximum absolute atomic E-state index is 13.1. The van der Waals surface area contributed by atoms with E-state index in [1.807, 2.05) is 19.1 Å². The summed E-state index contributed by atoms with van der Waals surface area (Å²) in [6, 6.07) is 10.3. The van der Waals surface area contributed by atoms with E-state index in [4.69, 9.17) is 23.7 Å². The van der Waals surface area contributed by atoms with Crippen molar-refractivity contribution in [3.63, 3.8) is 0 Å². The molecule has 8 heteroatoms. The van der Waals surface area contributed by atoms with Crippen LogP contribution in [0.15, 0.2) is 36.4 Å². The third kappa shape index (κ3) is 5.38. The van der Waals surface area contributed by atoms with Crippen molar-refractivity contribution in [3.05, 3.63) is 53.1 Å². The Balaban J connectivity index is 2.64. The van der Waals surface area contributed by atoms with Crippen molar-refractivity contribution in [2.45, 2.75) is 19.3 Å². The molecule has 32 heavy (non-hydrogen) atoms. The molecule has 0 bridgehead atoms. The van der Waals surface area contributed by atoms with E-state index in [-0.39, 0.29) is 12.2 Å². The Hall–Kier alpha value is -3.55. The van der Waals surface area contributed by atoms with Crippen LogP contribution >= 0.6 is 0 Å². The number of ketones is 1. The first kappa shape index (κ1) is 24.7. The van der Waals surface area contributed by atoms with Gasteiger partial charge >= 0.3 is 11.9 Å². The number of rotatable bonds is 10. The summed E-state index contributed by atoms with van der Waals surface area (Å²) in [7, 11) is 6.71. The minimum atomic E-state index is -1.37. The van der Waals surface area contributed by atoms with Crippen molar-refractivity contribution in [1.29, 1.82) is 0 Å². The molecule has 8 nitrogen and oxygen atoms in total. The average Bonchev–Trinajstić information content (AvgIpc) is 2.82. The molecule has 0 aliphatic carbocycles. The standard InChI is InChI=1S/C24H28O8/c1-14-7-9-15(10-8-14)18(25)13-17(21(23(26)31-5)24(27)32-6)16-11-19(28-2)22(30-4)20(12-16)29-3/h7-12,17,21H,13H2,1-6H3/t17-/m1/s1. The largest absolute Gasteiger partial charge is 0.493 e. The second-order valence-corrected chi connectivity index (χ2v) is 7.08. The van der Waals surface area contributed by atoms with Gasteiger partial charge in [0.1, 0.15) is 0 Å². The second-order valence-electron chi connectivity index (χ2n) is 7.08. The van der Waals surface area contributed by atoms with Gasteiger partial charge in [0, 0.05) is 17.9 Å². The van der Waals surface area contributed by atoms with Gasteiger partial charge in [-0.2, -0.15) is 0 Å². The van der Waals surface area contributed by atoms with Gasteiger partial charge in [0.15, 0.2) is 23.2 Å². The highest BCUT2D eigenvalue weighted by atomic mass is 16.5. The molecule has 0 saturated carbocycles. The Labute approximate surface area is 187 Å². The normalized spacial score (nSPS) is 11.5. The van der Waals surface area contributed by atoms with E-state index >= 15 is 0 Å². The van der Waals surface area contributed by atoms with Gasteiger partial charge < -0.3 is 23.7 Å². The highest BCUT2D eigenvalue weighted by Crippen LogP contribution is 2.43. The summed E-state index contributed by atoms with van der Waals surface area (Å²) in [5.74, 6) is -3.16. The number of methoxy groups -OCH3 is 5. The number of Topliss-reactive ketones (excluding diaryl/α,β-unsaturated/α-hetero) is 1. The molecule has 172 valence electrons. The molecule has 0 aromatic heterocycles. The van der Waals surface area contributed by atoms with Crippen molar-refractivity contribution in [2.24, 2.45) is 5.92 Å². The van der Waals surface area contributed by atoms with Gasteiger partial charge in [-0.1, -0.05) is 29.8 Å². The van der Waals surface area contributed by atoms with E-state index in [0.29, 0.717) is 28.4 Å². The minimum Gasteiger partial charge on any atom is -0.493 e.